The molecule has 3 aliphatic rings. The van der Waals surface area contributed by atoms with Crippen LogP contribution in [0.15, 0.2) is 67.3 Å². The quantitative estimate of drug-likeness (QED) is 0.239. The number of nitrogens with zero attached hydrogens (tertiary/aromatic N) is 7. The van der Waals surface area contributed by atoms with Crippen LogP contribution in [0.5, 0.6) is 5.75 Å². The Morgan fingerprint density at radius 1 is 0.958 bits per heavy atom. The highest BCUT2D eigenvalue weighted by Crippen LogP contribution is 2.42. The van der Waals surface area contributed by atoms with Crippen molar-refractivity contribution in [1.29, 1.82) is 0 Å². The van der Waals surface area contributed by atoms with Gasteiger partial charge in [-0.15, -0.1) is 0 Å². The van der Waals surface area contributed by atoms with Gasteiger partial charge in [0.25, 0.3) is 0 Å². The fourth-order valence-electron chi connectivity index (χ4n) is 6.76. The molecule has 0 bridgehead atoms. The van der Waals surface area contributed by atoms with E-state index in [1.165, 1.54) is 6.33 Å². The zero-order valence-electron chi connectivity index (χ0n) is 26.8. The highest BCUT2D eigenvalue weighted by molar-refractivity contribution is 5.85. The van der Waals surface area contributed by atoms with Gasteiger partial charge in [-0.05, 0) is 24.5 Å². The van der Waals surface area contributed by atoms with E-state index in [1.54, 1.807) is 28.1 Å². The molecule has 14 heteroatoms. The third-order valence-electron chi connectivity index (χ3n) is 9.10. The second-order valence-corrected chi connectivity index (χ2v) is 12.3. The molecule has 48 heavy (non-hydrogen) atoms. The lowest BCUT2D eigenvalue weighted by molar-refractivity contribution is -0.153. The predicted molar refractivity (Wildman–Crippen MR) is 175 cm³/mol. The van der Waals surface area contributed by atoms with Gasteiger partial charge in [-0.1, -0.05) is 30.3 Å². The lowest BCUT2D eigenvalue weighted by atomic mass is 9.99. The van der Waals surface area contributed by atoms with E-state index in [2.05, 4.69) is 30.2 Å². The van der Waals surface area contributed by atoms with Crippen LogP contribution in [0, 0.1) is 0 Å². The van der Waals surface area contributed by atoms with Gasteiger partial charge in [0, 0.05) is 80.8 Å². The van der Waals surface area contributed by atoms with Crippen molar-refractivity contribution < 1.29 is 27.5 Å². The van der Waals surface area contributed by atoms with Crippen LogP contribution in [0.3, 0.4) is 0 Å². The number of hydrogen-bond acceptors (Lipinski definition) is 10. The summed E-state index contributed by atoms with van der Waals surface area (Å²) in [5, 5.41) is 9.38. The first-order chi connectivity index (χ1) is 23.3. The molecule has 0 amide bonds. The summed E-state index contributed by atoms with van der Waals surface area (Å²) in [4.78, 5) is 19.5. The number of alkyl halides is 3. The molecule has 5 heterocycles. The summed E-state index contributed by atoms with van der Waals surface area (Å²) in [6.07, 6.45) is 3.22. The number of hydroxylamine groups is 1. The molecule has 4 aromatic rings. The molecule has 2 aromatic heterocycles. The van der Waals surface area contributed by atoms with Gasteiger partial charge in [-0.3, -0.25) is 14.4 Å². The number of anilines is 4. The molecule has 3 fully saturated rings. The van der Waals surface area contributed by atoms with Crippen molar-refractivity contribution in [2.75, 3.05) is 67.9 Å². The molecule has 0 unspecified atom stereocenters. The fourth-order valence-corrected chi connectivity index (χ4v) is 6.76. The highest BCUT2D eigenvalue weighted by atomic mass is 19.4. The number of aromatic nitrogens is 4. The van der Waals surface area contributed by atoms with Crippen molar-refractivity contribution >= 4 is 23.0 Å². The molecule has 7 rings (SSSR count). The fraction of sp³-hybridized carbons (Fsp3) is 0.441. The van der Waals surface area contributed by atoms with Crippen LogP contribution in [-0.4, -0.2) is 89.5 Å². The van der Waals surface area contributed by atoms with E-state index >= 15 is 0 Å². The van der Waals surface area contributed by atoms with E-state index < -0.39 is 12.8 Å². The summed E-state index contributed by atoms with van der Waals surface area (Å²) in [5.74, 6) is 0.990. The summed E-state index contributed by atoms with van der Waals surface area (Å²) >= 11 is 0. The molecule has 0 spiro atoms. The first kappa shape index (κ1) is 32.2. The van der Waals surface area contributed by atoms with E-state index in [0.717, 1.165) is 81.0 Å². The van der Waals surface area contributed by atoms with Crippen LogP contribution in [0.25, 0.3) is 11.1 Å². The SMILES string of the molecule is Cn1cc(-c2cc(Nc3cc(N4OCC[C@@H]4c4ccccc4)ncn3)c(OCC(F)(F)F)cc2N2CCC(N3CCOCC3)CC2)cn1. The Bertz CT molecular complexity index is 1670. The highest BCUT2D eigenvalue weighted by Gasteiger charge is 2.32. The molecule has 3 aliphatic heterocycles. The summed E-state index contributed by atoms with van der Waals surface area (Å²) < 4.78 is 53.2. The third-order valence-corrected chi connectivity index (χ3v) is 9.10. The van der Waals surface area contributed by atoms with Gasteiger partial charge in [0.05, 0.1) is 37.7 Å². The van der Waals surface area contributed by atoms with Gasteiger partial charge >= 0.3 is 6.18 Å². The molecule has 1 atom stereocenters. The Labute approximate surface area is 277 Å². The lowest BCUT2D eigenvalue weighted by Crippen LogP contribution is -2.49. The molecule has 0 aliphatic carbocycles. The van der Waals surface area contributed by atoms with Crippen LogP contribution in [-0.2, 0) is 16.6 Å². The molecule has 1 N–H and O–H groups in total. The van der Waals surface area contributed by atoms with Crippen LogP contribution in [0.4, 0.5) is 36.2 Å². The monoisotopic (exact) mass is 664 g/mol. The Kier molecular flexibility index (Phi) is 9.37. The Balaban J connectivity index is 1.20. The average Bonchev–Trinajstić information content (AvgIpc) is 3.78. The van der Waals surface area contributed by atoms with Gasteiger partial charge in [0.2, 0.25) is 0 Å². The van der Waals surface area contributed by atoms with Crippen molar-refractivity contribution in [2.45, 2.75) is 37.5 Å². The van der Waals surface area contributed by atoms with Crippen molar-refractivity contribution in [3.63, 3.8) is 0 Å². The van der Waals surface area contributed by atoms with Crippen molar-refractivity contribution in [2.24, 2.45) is 7.05 Å². The van der Waals surface area contributed by atoms with Crippen molar-refractivity contribution in [3.05, 3.63) is 72.8 Å². The second-order valence-electron chi connectivity index (χ2n) is 12.3. The predicted octanol–water partition coefficient (Wildman–Crippen LogP) is 5.75. The summed E-state index contributed by atoms with van der Waals surface area (Å²) in [7, 11) is 1.84. The summed E-state index contributed by atoms with van der Waals surface area (Å²) in [6.45, 7) is 3.94. The molecule has 0 saturated carbocycles. The topological polar surface area (TPSA) is 93.0 Å². The van der Waals surface area contributed by atoms with Gasteiger partial charge < -0.3 is 19.7 Å². The number of aryl methyl sites for hydroxylation is 1. The number of benzene rings is 2. The van der Waals surface area contributed by atoms with Crippen LogP contribution < -0.4 is 20.0 Å². The third kappa shape index (κ3) is 7.35. The Morgan fingerprint density at radius 3 is 2.48 bits per heavy atom. The number of nitrogens with one attached hydrogen (secondary N) is 1. The van der Waals surface area contributed by atoms with Gasteiger partial charge in [0.1, 0.15) is 17.9 Å². The molecule has 2 aromatic carbocycles. The second kappa shape index (κ2) is 14.0. The molecular weight excluding hydrogens is 625 g/mol. The molecule has 0 radical (unpaired) electrons. The van der Waals surface area contributed by atoms with E-state index in [4.69, 9.17) is 14.3 Å². The Morgan fingerprint density at radius 2 is 1.75 bits per heavy atom. The van der Waals surface area contributed by atoms with Crippen molar-refractivity contribution in [3.8, 4) is 16.9 Å². The summed E-state index contributed by atoms with van der Waals surface area (Å²) in [6, 6.07) is 15.7. The number of piperidine rings is 1. The average molecular weight is 665 g/mol. The minimum absolute atomic E-state index is 0.0384. The number of halogens is 3. The largest absolute Gasteiger partial charge is 0.482 e. The van der Waals surface area contributed by atoms with Gasteiger partial charge in [0.15, 0.2) is 12.4 Å². The number of morpholine rings is 1. The Hall–Kier alpha value is -4.40. The molecule has 11 nitrogen and oxygen atoms in total. The first-order valence-corrected chi connectivity index (χ1v) is 16.3. The van der Waals surface area contributed by atoms with Crippen LogP contribution in [0.2, 0.25) is 0 Å². The van der Waals surface area contributed by atoms with Crippen molar-refractivity contribution in [1.82, 2.24) is 24.6 Å². The minimum Gasteiger partial charge on any atom is -0.482 e. The minimum atomic E-state index is -4.52. The van der Waals surface area contributed by atoms with Crippen LogP contribution in [0.1, 0.15) is 30.9 Å². The smallest absolute Gasteiger partial charge is 0.422 e. The maximum atomic E-state index is 13.5. The number of rotatable bonds is 9. The van der Waals surface area contributed by atoms with Gasteiger partial charge in [-0.2, -0.15) is 18.3 Å². The normalized spacial score (nSPS) is 19.5. The lowest BCUT2D eigenvalue weighted by Gasteiger charge is -2.41. The zero-order valence-corrected chi connectivity index (χ0v) is 26.8. The van der Waals surface area contributed by atoms with Gasteiger partial charge in [-0.25, -0.2) is 15.0 Å². The summed E-state index contributed by atoms with van der Waals surface area (Å²) in [5.41, 5.74) is 3.91. The van der Waals surface area contributed by atoms with E-state index in [1.807, 2.05) is 49.6 Å². The van der Waals surface area contributed by atoms with E-state index in [0.29, 0.717) is 30.0 Å². The molecule has 3 saturated heterocycles. The molecular formula is C34H39F3N8O3. The molecule has 254 valence electrons. The van der Waals surface area contributed by atoms with E-state index in [-0.39, 0.29) is 11.8 Å². The zero-order chi connectivity index (χ0) is 33.1. The number of hydrogen-bond donors (Lipinski definition) is 1. The standard InChI is InChI=1S/C34H39F3N8O3/c1-42-21-25(20-40-42)27-17-28(41-32-19-33(39-23-38-32)45-29(9-14-48-45)24-5-3-2-4-6-24)31(47-22-34(35,36)37)18-30(27)44-10-7-26(8-11-44)43-12-15-46-16-13-43/h2-6,17-21,23,26,29H,7-16,22H2,1H3,(H,38,39,41)/t29-/m1/s1. The first-order valence-electron chi connectivity index (χ1n) is 16.3. The maximum Gasteiger partial charge on any atom is 0.422 e. The number of ether oxygens (including phenoxy) is 2. The van der Waals surface area contributed by atoms with Crippen LogP contribution >= 0.6 is 0 Å². The maximum absolute atomic E-state index is 13.5. The van der Waals surface area contributed by atoms with E-state index in [9.17, 15) is 13.2 Å².